The van der Waals surface area contributed by atoms with Crippen molar-refractivity contribution >= 4 is 5.91 Å². The smallest absolute Gasteiger partial charge is 0.225 e. The van der Waals surface area contributed by atoms with E-state index in [0.717, 1.165) is 0 Å². The number of hydrogen-bond donors (Lipinski definition) is 1. The Hall–Kier alpha value is -1.04. The molecule has 1 rings (SSSR count). The average Bonchev–Trinajstić information content (AvgIpc) is 2.39. The third-order valence-corrected chi connectivity index (χ3v) is 3.62. The third-order valence-electron chi connectivity index (χ3n) is 3.62. The van der Waals surface area contributed by atoms with Crippen molar-refractivity contribution in [1.82, 2.24) is 5.32 Å². The highest BCUT2D eigenvalue weighted by molar-refractivity contribution is 5.84. The van der Waals surface area contributed by atoms with Gasteiger partial charge in [-0.15, -0.1) is 0 Å². The van der Waals surface area contributed by atoms with Gasteiger partial charge in [0.2, 0.25) is 5.91 Å². The Bertz CT molecular complexity index is 259. The molecular formula is C10H16N2O. The van der Waals surface area contributed by atoms with Crippen LogP contribution in [0, 0.1) is 28.1 Å². The van der Waals surface area contributed by atoms with Crippen molar-refractivity contribution in [2.75, 3.05) is 6.54 Å². The molecule has 0 aromatic carbocycles. The Morgan fingerprint density at radius 3 is 2.15 bits per heavy atom. The minimum Gasteiger partial charge on any atom is -0.343 e. The molecule has 13 heavy (non-hydrogen) atoms. The Labute approximate surface area is 79.1 Å². The van der Waals surface area contributed by atoms with Gasteiger partial charge in [-0.2, -0.15) is 5.26 Å². The van der Waals surface area contributed by atoms with Gasteiger partial charge in [0, 0.05) is 5.92 Å². The molecule has 0 unspecified atom stereocenters. The summed E-state index contributed by atoms with van der Waals surface area (Å²) in [6.45, 7) is 8.46. The molecular weight excluding hydrogens is 164 g/mol. The summed E-state index contributed by atoms with van der Waals surface area (Å²) in [6, 6.07) is 1.90. The Morgan fingerprint density at radius 2 is 1.85 bits per heavy atom. The number of amides is 1. The van der Waals surface area contributed by atoms with E-state index < -0.39 is 0 Å². The van der Waals surface area contributed by atoms with Crippen LogP contribution in [0.3, 0.4) is 0 Å². The van der Waals surface area contributed by atoms with Crippen molar-refractivity contribution in [3.63, 3.8) is 0 Å². The van der Waals surface area contributed by atoms with Gasteiger partial charge < -0.3 is 5.32 Å². The molecule has 3 nitrogen and oxygen atoms in total. The van der Waals surface area contributed by atoms with Crippen LogP contribution in [0.15, 0.2) is 0 Å². The Morgan fingerprint density at radius 1 is 1.38 bits per heavy atom. The first-order valence-electron chi connectivity index (χ1n) is 4.50. The second-order valence-corrected chi connectivity index (χ2v) is 4.75. The molecule has 1 N–H and O–H groups in total. The largest absolute Gasteiger partial charge is 0.343 e. The van der Waals surface area contributed by atoms with E-state index in [1.807, 2.05) is 6.07 Å². The van der Waals surface area contributed by atoms with Crippen LogP contribution < -0.4 is 5.32 Å². The van der Waals surface area contributed by atoms with Crippen LogP contribution in [0.1, 0.15) is 27.7 Å². The van der Waals surface area contributed by atoms with E-state index in [2.05, 4.69) is 33.0 Å². The summed E-state index contributed by atoms with van der Waals surface area (Å²) in [7, 11) is 0. The SMILES string of the molecule is CC1(C)C(C(=O)NCC#N)C1(C)C. The first-order valence-corrected chi connectivity index (χ1v) is 4.50. The molecule has 0 spiro atoms. The van der Waals surface area contributed by atoms with Crippen molar-refractivity contribution < 1.29 is 4.79 Å². The second kappa shape index (κ2) is 2.73. The summed E-state index contributed by atoms with van der Waals surface area (Å²) in [6.07, 6.45) is 0. The summed E-state index contributed by atoms with van der Waals surface area (Å²) in [5.41, 5.74) is 0.124. The predicted octanol–water partition coefficient (Wildman–Crippen LogP) is 1.31. The Balaban J connectivity index is 2.59. The van der Waals surface area contributed by atoms with Gasteiger partial charge in [0.15, 0.2) is 0 Å². The average molecular weight is 180 g/mol. The van der Waals surface area contributed by atoms with Crippen LogP contribution in [-0.4, -0.2) is 12.5 Å². The zero-order chi connectivity index (χ0) is 10.3. The van der Waals surface area contributed by atoms with E-state index in [0.29, 0.717) is 0 Å². The van der Waals surface area contributed by atoms with E-state index in [1.165, 1.54) is 0 Å². The molecule has 0 aromatic rings. The summed E-state index contributed by atoms with van der Waals surface area (Å²) in [5.74, 6) is 0.0601. The highest BCUT2D eigenvalue weighted by atomic mass is 16.2. The van der Waals surface area contributed by atoms with Gasteiger partial charge in [-0.3, -0.25) is 4.79 Å². The number of nitriles is 1. The zero-order valence-electron chi connectivity index (χ0n) is 8.64. The lowest BCUT2D eigenvalue weighted by Crippen LogP contribution is -2.27. The molecule has 0 radical (unpaired) electrons. The molecule has 1 fully saturated rings. The van der Waals surface area contributed by atoms with Crippen LogP contribution in [0.2, 0.25) is 0 Å². The second-order valence-electron chi connectivity index (χ2n) is 4.75. The van der Waals surface area contributed by atoms with Crippen molar-refractivity contribution in [2.45, 2.75) is 27.7 Å². The number of carbonyl (C=O) groups excluding carboxylic acids is 1. The van der Waals surface area contributed by atoms with Gasteiger partial charge in [0.1, 0.15) is 6.54 Å². The fraction of sp³-hybridized carbons (Fsp3) is 0.800. The lowest BCUT2D eigenvalue weighted by Gasteiger charge is -2.03. The first kappa shape index (κ1) is 10.0. The molecule has 1 amide bonds. The lowest BCUT2D eigenvalue weighted by atomic mass is 10.0. The summed E-state index contributed by atoms with van der Waals surface area (Å²) < 4.78 is 0. The van der Waals surface area contributed by atoms with E-state index in [1.54, 1.807) is 0 Å². The summed E-state index contributed by atoms with van der Waals surface area (Å²) >= 11 is 0. The van der Waals surface area contributed by atoms with E-state index in [9.17, 15) is 4.79 Å². The topological polar surface area (TPSA) is 52.9 Å². The standard InChI is InChI=1S/C10H16N2O/c1-9(2)7(10(9,3)4)8(13)12-6-5-11/h7H,6H2,1-4H3,(H,12,13). The monoisotopic (exact) mass is 180 g/mol. The maximum atomic E-state index is 11.5. The molecule has 1 aliphatic carbocycles. The van der Waals surface area contributed by atoms with Crippen molar-refractivity contribution in [1.29, 1.82) is 5.26 Å². The highest BCUT2D eigenvalue weighted by Crippen LogP contribution is 2.68. The number of nitrogens with zero attached hydrogens (tertiary/aromatic N) is 1. The molecule has 0 atom stereocenters. The van der Waals surface area contributed by atoms with Crippen LogP contribution in [0.25, 0.3) is 0 Å². The number of rotatable bonds is 2. The fourth-order valence-corrected chi connectivity index (χ4v) is 2.08. The van der Waals surface area contributed by atoms with Gasteiger partial charge >= 0.3 is 0 Å². The predicted molar refractivity (Wildman–Crippen MR) is 49.7 cm³/mol. The van der Waals surface area contributed by atoms with Gasteiger partial charge in [0.25, 0.3) is 0 Å². The fourth-order valence-electron chi connectivity index (χ4n) is 2.08. The first-order chi connectivity index (χ1) is 5.85. The number of carbonyl (C=O) groups is 1. The maximum Gasteiger partial charge on any atom is 0.225 e. The molecule has 0 bridgehead atoms. The molecule has 3 heteroatoms. The molecule has 0 aliphatic heterocycles. The minimum absolute atomic E-state index is 0.0107. The summed E-state index contributed by atoms with van der Waals surface area (Å²) in [5, 5.41) is 10.9. The van der Waals surface area contributed by atoms with Gasteiger partial charge in [0.05, 0.1) is 6.07 Å². The van der Waals surface area contributed by atoms with E-state index in [-0.39, 0.29) is 29.2 Å². The van der Waals surface area contributed by atoms with E-state index in [4.69, 9.17) is 5.26 Å². The van der Waals surface area contributed by atoms with Crippen molar-refractivity contribution in [2.24, 2.45) is 16.7 Å². The van der Waals surface area contributed by atoms with Crippen molar-refractivity contribution in [3.8, 4) is 6.07 Å². The summed E-state index contributed by atoms with van der Waals surface area (Å²) in [4.78, 5) is 11.5. The number of hydrogen-bond acceptors (Lipinski definition) is 2. The lowest BCUT2D eigenvalue weighted by molar-refractivity contribution is -0.123. The van der Waals surface area contributed by atoms with Crippen LogP contribution in [0.5, 0.6) is 0 Å². The van der Waals surface area contributed by atoms with Crippen LogP contribution >= 0.6 is 0 Å². The number of nitrogens with one attached hydrogen (secondary N) is 1. The molecule has 1 saturated carbocycles. The minimum atomic E-state index is 0.0107. The van der Waals surface area contributed by atoms with E-state index >= 15 is 0 Å². The molecule has 1 aliphatic rings. The highest BCUT2D eigenvalue weighted by Gasteiger charge is 2.68. The van der Waals surface area contributed by atoms with Crippen molar-refractivity contribution in [3.05, 3.63) is 0 Å². The normalized spacial score (nSPS) is 23.3. The molecule has 0 aromatic heterocycles. The van der Waals surface area contributed by atoms with Gasteiger partial charge in [-0.25, -0.2) is 0 Å². The third kappa shape index (κ3) is 1.31. The van der Waals surface area contributed by atoms with Crippen LogP contribution in [0.4, 0.5) is 0 Å². The van der Waals surface area contributed by atoms with Crippen LogP contribution in [-0.2, 0) is 4.79 Å². The van der Waals surface area contributed by atoms with Gasteiger partial charge in [-0.1, -0.05) is 27.7 Å². The van der Waals surface area contributed by atoms with Gasteiger partial charge in [-0.05, 0) is 10.8 Å². The zero-order valence-corrected chi connectivity index (χ0v) is 8.64. The molecule has 0 heterocycles. The molecule has 0 saturated heterocycles. The quantitative estimate of drug-likeness (QED) is 0.651. The Kier molecular flexibility index (Phi) is 2.11. The molecule has 72 valence electrons. The maximum absolute atomic E-state index is 11.5.